The number of amides is 2. The van der Waals surface area contributed by atoms with Crippen LogP contribution < -0.4 is 10.6 Å². The maximum absolute atomic E-state index is 12.4. The highest BCUT2D eigenvalue weighted by Gasteiger charge is 2.23. The zero-order chi connectivity index (χ0) is 16.1. The number of carbonyl (C=O) groups is 1. The molecule has 0 aliphatic carbocycles. The molecule has 3 rings (SSSR count). The summed E-state index contributed by atoms with van der Waals surface area (Å²) in [6.07, 6.45) is 3.55. The maximum atomic E-state index is 12.4. The molecule has 2 N–H and O–H groups in total. The Hall–Kier alpha value is -2.27. The molecule has 0 spiro atoms. The Bertz CT molecular complexity index is 647. The van der Waals surface area contributed by atoms with Gasteiger partial charge in [0.25, 0.3) is 0 Å². The van der Waals surface area contributed by atoms with Crippen LogP contribution >= 0.6 is 11.6 Å². The van der Waals surface area contributed by atoms with Crippen molar-refractivity contribution < 1.29 is 4.79 Å². The second-order valence-corrected chi connectivity index (χ2v) is 6.02. The van der Waals surface area contributed by atoms with Gasteiger partial charge in [-0.1, -0.05) is 29.8 Å². The van der Waals surface area contributed by atoms with Gasteiger partial charge in [0, 0.05) is 31.0 Å². The number of likely N-dealkylation sites (tertiary alicyclic amines) is 1. The van der Waals surface area contributed by atoms with Gasteiger partial charge in [-0.25, -0.2) is 9.78 Å². The number of rotatable bonds is 3. The molecule has 6 heteroatoms. The van der Waals surface area contributed by atoms with Crippen molar-refractivity contribution in [2.75, 3.05) is 23.7 Å². The van der Waals surface area contributed by atoms with Crippen molar-refractivity contribution in [2.24, 2.45) is 0 Å². The lowest BCUT2D eigenvalue weighted by Gasteiger charge is -2.33. The van der Waals surface area contributed by atoms with Gasteiger partial charge in [-0.2, -0.15) is 0 Å². The van der Waals surface area contributed by atoms with E-state index in [0.717, 1.165) is 25.1 Å². The average molecular weight is 331 g/mol. The van der Waals surface area contributed by atoms with Crippen LogP contribution in [0.4, 0.5) is 16.3 Å². The summed E-state index contributed by atoms with van der Waals surface area (Å²) in [5.41, 5.74) is 1.08. The van der Waals surface area contributed by atoms with E-state index >= 15 is 0 Å². The molecule has 1 aromatic heterocycles. The number of benzene rings is 1. The van der Waals surface area contributed by atoms with E-state index in [1.807, 2.05) is 35.2 Å². The molecule has 0 saturated carbocycles. The first-order chi connectivity index (χ1) is 11.2. The molecule has 1 aliphatic heterocycles. The number of urea groups is 1. The average Bonchev–Trinajstić information content (AvgIpc) is 2.58. The van der Waals surface area contributed by atoms with Gasteiger partial charge < -0.3 is 10.2 Å². The predicted molar refractivity (Wildman–Crippen MR) is 92.9 cm³/mol. The second-order valence-electron chi connectivity index (χ2n) is 5.59. The lowest BCUT2D eigenvalue weighted by atomic mass is 10.1. The number of hydrogen-bond donors (Lipinski definition) is 2. The SMILES string of the molecule is O=C(Nc1ccc(Cl)cn1)N1CCCC(Nc2ccccc2)C1. The first kappa shape index (κ1) is 15.6. The molecule has 0 bridgehead atoms. The Balaban J connectivity index is 1.57. The molecule has 2 heterocycles. The molecule has 1 saturated heterocycles. The molecule has 1 aliphatic rings. The molecule has 23 heavy (non-hydrogen) atoms. The molecular formula is C17H19ClN4O. The van der Waals surface area contributed by atoms with E-state index < -0.39 is 0 Å². The highest BCUT2D eigenvalue weighted by Crippen LogP contribution is 2.17. The molecule has 5 nitrogen and oxygen atoms in total. The second kappa shape index (κ2) is 7.33. The van der Waals surface area contributed by atoms with Gasteiger partial charge >= 0.3 is 6.03 Å². The van der Waals surface area contributed by atoms with Crippen molar-refractivity contribution >= 4 is 29.1 Å². The van der Waals surface area contributed by atoms with Crippen molar-refractivity contribution in [3.05, 3.63) is 53.7 Å². The Morgan fingerprint density at radius 1 is 1.22 bits per heavy atom. The van der Waals surface area contributed by atoms with Gasteiger partial charge in [-0.3, -0.25) is 5.32 Å². The Morgan fingerprint density at radius 2 is 2.04 bits per heavy atom. The Kier molecular flexibility index (Phi) is 4.98. The third-order valence-electron chi connectivity index (χ3n) is 3.82. The quantitative estimate of drug-likeness (QED) is 0.899. The number of anilines is 2. The van der Waals surface area contributed by atoms with E-state index in [-0.39, 0.29) is 12.1 Å². The van der Waals surface area contributed by atoms with Crippen LogP contribution in [0.1, 0.15) is 12.8 Å². The number of para-hydroxylation sites is 1. The monoisotopic (exact) mass is 330 g/mol. The van der Waals surface area contributed by atoms with E-state index in [1.54, 1.807) is 12.1 Å². The summed E-state index contributed by atoms with van der Waals surface area (Å²) in [4.78, 5) is 18.3. The molecule has 0 radical (unpaired) electrons. The van der Waals surface area contributed by atoms with Gasteiger partial charge in [0.2, 0.25) is 0 Å². The van der Waals surface area contributed by atoms with Gasteiger partial charge in [0.05, 0.1) is 5.02 Å². The summed E-state index contributed by atoms with van der Waals surface area (Å²) in [6.45, 7) is 1.43. The van der Waals surface area contributed by atoms with Crippen molar-refractivity contribution in [2.45, 2.75) is 18.9 Å². The summed E-state index contributed by atoms with van der Waals surface area (Å²) in [7, 11) is 0. The van der Waals surface area contributed by atoms with Crippen LogP contribution in [0.15, 0.2) is 48.7 Å². The minimum Gasteiger partial charge on any atom is -0.381 e. The predicted octanol–water partition coefficient (Wildman–Crippen LogP) is 3.84. The number of hydrogen-bond acceptors (Lipinski definition) is 3. The smallest absolute Gasteiger partial charge is 0.323 e. The zero-order valence-corrected chi connectivity index (χ0v) is 13.5. The van der Waals surface area contributed by atoms with Crippen LogP contribution in [0, 0.1) is 0 Å². The minimum atomic E-state index is -0.126. The number of piperidine rings is 1. The number of nitrogens with zero attached hydrogens (tertiary/aromatic N) is 2. The van der Waals surface area contributed by atoms with Gasteiger partial charge in [-0.15, -0.1) is 0 Å². The molecule has 1 aromatic carbocycles. The summed E-state index contributed by atoms with van der Waals surface area (Å²) in [5, 5.41) is 6.84. The number of nitrogens with one attached hydrogen (secondary N) is 2. The fourth-order valence-electron chi connectivity index (χ4n) is 2.69. The molecule has 2 amide bonds. The standard InChI is InChI=1S/C17H19ClN4O/c18-13-8-9-16(19-11-13)21-17(23)22-10-4-7-15(12-22)20-14-5-2-1-3-6-14/h1-3,5-6,8-9,11,15,20H,4,7,10,12H2,(H,19,21,23). The first-order valence-corrected chi connectivity index (χ1v) is 8.07. The third kappa shape index (κ3) is 4.36. The lowest BCUT2D eigenvalue weighted by Crippen LogP contribution is -2.46. The summed E-state index contributed by atoms with van der Waals surface area (Å²) in [6, 6.07) is 13.6. The molecule has 1 atom stereocenters. The molecular weight excluding hydrogens is 312 g/mol. The van der Waals surface area contributed by atoms with Crippen LogP contribution in [-0.4, -0.2) is 35.0 Å². The lowest BCUT2D eigenvalue weighted by molar-refractivity contribution is 0.196. The number of aromatic nitrogens is 1. The normalized spacial score (nSPS) is 17.6. The number of halogens is 1. The summed E-state index contributed by atoms with van der Waals surface area (Å²) >= 11 is 5.80. The largest absolute Gasteiger partial charge is 0.381 e. The van der Waals surface area contributed by atoms with Gasteiger partial charge in [0.1, 0.15) is 5.82 Å². The van der Waals surface area contributed by atoms with Crippen LogP contribution in [0.5, 0.6) is 0 Å². The highest BCUT2D eigenvalue weighted by molar-refractivity contribution is 6.30. The zero-order valence-electron chi connectivity index (χ0n) is 12.7. The van der Waals surface area contributed by atoms with E-state index in [1.165, 1.54) is 6.20 Å². The van der Waals surface area contributed by atoms with Crippen molar-refractivity contribution in [3.63, 3.8) is 0 Å². The molecule has 120 valence electrons. The highest BCUT2D eigenvalue weighted by atomic mass is 35.5. The molecule has 1 fully saturated rings. The van der Waals surface area contributed by atoms with E-state index in [0.29, 0.717) is 17.4 Å². The van der Waals surface area contributed by atoms with Crippen molar-refractivity contribution in [3.8, 4) is 0 Å². The van der Waals surface area contributed by atoms with Crippen LogP contribution in [-0.2, 0) is 0 Å². The van der Waals surface area contributed by atoms with Crippen LogP contribution in [0.25, 0.3) is 0 Å². The van der Waals surface area contributed by atoms with Crippen molar-refractivity contribution in [1.82, 2.24) is 9.88 Å². The molecule has 1 unspecified atom stereocenters. The van der Waals surface area contributed by atoms with E-state index in [4.69, 9.17) is 11.6 Å². The fourth-order valence-corrected chi connectivity index (χ4v) is 2.80. The van der Waals surface area contributed by atoms with Gasteiger partial charge in [-0.05, 0) is 37.1 Å². The van der Waals surface area contributed by atoms with E-state index in [9.17, 15) is 4.79 Å². The summed E-state index contributed by atoms with van der Waals surface area (Å²) < 4.78 is 0. The molecule has 2 aromatic rings. The van der Waals surface area contributed by atoms with E-state index in [2.05, 4.69) is 15.6 Å². The number of pyridine rings is 1. The van der Waals surface area contributed by atoms with Crippen LogP contribution in [0.2, 0.25) is 5.02 Å². The first-order valence-electron chi connectivity index (χ1n) is 7.70. The summed E-state index contributed by atoms with van der Waals surface area (Å²) in [5.74, 6) is 0.512. The topological polar surface area (TPSA) is 57.3 Å². The minimum absolute atomic E-state index is 0.126. The fraction of sp³-hybridized carbons (Fsp3) is 0.294. The number of carbonyl (C=O) groups excluding carboxylic acids is 1. The maximum Gasteiger partial charge on any atom is 0.323 e. The third-order valence-corrected chi connectivity index (χ3v) is 4.04. The van der Waals surface area contributed by atoms with Gasteiger partial charge in [0.15, 0.2) is 0 Å². The van der Waals surface area contributed by atoms with Crippen LogP contribution in [0.3, 0.4) is 0 Å². The van der Waals surface area contributed by atoms with Crippen molar-refractivity contribution in [1.29, 1.82) is 0 Å². The Morgan fingerprint density at radius 3 is 2.78 bits per heavy atom. The Labute approximate surface area is 140 Å².